The molecule has 0 spiro atoms. The normalized spacial score (nSPS) is 15.1. The van der Waals surface area contributed by atoms with Crippen molar-refractivity contribution >= 4 is 17.2 Å². The third-order valence-corrected chi connectivity index (χ3v) is 5.49. The summed E-state index contributed by atoms with van der Waals surface area (Å²) in [5.74, 6) is -0.412. The number of nitrogens with zero attached hydrogens (tertiary/aromatic N) is 4. The van der Waals surface area contributed by atoms with Crippen LogP contribution in [0.3, 0.4) is 0 Å². The molecule has 1 saturated heterocycles. The molecule has 3 aromatic rings. The molecule has 2 aromatic heterocycles. The Bertz CT molecular complexity index is 922. The van der Waals surface area contributed by atoms with E-state index in [2.05, 4.69) is 20.9 Å². The lowest BCUT2D eigenvalue weighted by Gasteiger charge is -2.34. The molecule has 1 aliphatic heterocycles. The molecule has 27 heavy (non-hydrogen) atoms. The summed E-state index contributed by atoms with van der Waals surface area (Å²) < 4.78 is 13.9. The standard InChI is InChI=1S/C20H19FN4OS/c21-17-6-2-1-5-16(17)19-23-18(14-27-19)20(26)25-10-8-24(9-11-25)13-15-4-3-7-22-12-15/h1-7,12,14H,8-11,13H2. The van der Waals surface area contributed by atoms with E-state index in [4.69, 9.17) is 0 Å². The summed E-state index contributed by atoms with van der Waals surface area (Å²) in [6.07, 6.45) is 3.64. The van der Waals surface area contributed by atoms with Gasteiger partial charge in [-0.25, -0.2) is 9.37 Å². The summed E-state index contributed by atoms with van der Waals surface area (Å²) in [5, 5.41) is 2.25. The third kappa shape index (κ3) is 4.04. The molecule has 7 heteroatoms. The van der Waals surface area contributed by atoms with Crippen molar-refractivity contribution in [1.29, 1.82) is 0 Å². The number of carbonyl (C=O) groups is 1. The molecule has 4 rings (SSSR count). The van der Waals surface area contributed by atoms with Gasteiger partial charge in [-0.15, -0.1) is 11.3 Å². The zero-order valence-electron chi connectivity index (χ0n) is 14.7. The van der Waals surface area contributed by atoms with E-state index < -0.39 is 0 Å². The number of piperazine rings is 1. The Morgan fingerprint density at radius 3 is 2.67 bits per heavy atom. The topological polar surface area (TPSA) is 49.3 Å². The Morgan fingerprint density at radius 1 is 1.11 bits per heavy atom. The Balaban J connectivity index is 1.38. The fourth-order valence-corrected chi connectivity index (χ4v) is 3.97. The quantitative estimate of drug-likeness (QED) is 0.695. The van der Waals surface area contributed by atoms with Crippen LogP contribution in [0, 0.1) is 5.82 Å². The Kier molecular flexibility index (Phi) is 5.22. The summed E-state index contributed by atoms with van der Waals surface area (Å²) in [6.45, 7) is 3.77. The van der Waals surface area contributed by atoms with Gasteiger partial charge < -0.3 is 4.90 Å². The third-order valence-electron chi connectivity index (χ3n) is 4.62. The van der Waals surface area contributed by atoms with Crippen molar-refractivity contribution in [2.75, 3.05) is 26.2 Å². The maximum Gasteiger partial charge on any atom is 0.273 e. The highest BCUT2D eigenvalue weighted by Gasteiger charge is 2.24. The van der Waals surface area contributed by atoms with Gasteiger partial charge in [-0.3, -0.25) is 14.7 Å². The van der Waals surface area contributed by atoms with Crippen molar-refractivity contribution in [3.05, 3.63) is 71.2 Å². The van der Waals surface area contributed by atoms with Crippen molar-refractivity contribution in [3.8, 4) is 10.6 Å². The molecule has 0 unspecified atom stereocenters. The molecular formula is C20H19FN4OS. The van der Waals surface area contributed by atoms with Crippen molar-refractivity contribution < 1.29 is 9.18 Å². The molecule has 5 nitrogen and oxygen atoms in total. The summed E-state index contributed by atoms with van der Waals surface area (Å²) in [5.41, 5.74) is 1.99. The highest BCUT2D eigenvalue weighted by atomic mass is 32.1. The van der Waals surface area contributed by atoms with E-state index in [9.17, 15) is 9.18 Å². The van der Waals surface area contributed by atoms with E-state index in [0.29, 0.717) is 29.4 Å². The number of thiazole rings is 1. The van der Waals surface area contributed by atoms with Gasteiger partial charge in [-0.05, 0) is 23.8 Å². The maximum absolute atomic E-state index is 13.9. The number of halogens is 1. The SMILES string of the molecule is O=C(c1csc(-c2ccccc2F)n1)N1CCN(Cc2cccnc2)CC1. The van der Waals surface area contributed by atoms with Crippen LogP contribution in [0.5, 0.6) is 0 Å². The van der Waals surface area contributed by atoms with Crippen LogP contribution >= 0.6 is 11.3 Å². The number of amides is 1. The second kappa shape index (κ2) is 7.94. The van der Waals surface area contributed by atoms with Crippen LogP contribution in [-0.2, 0) is 6.54 Å². The van der Waals surface area contributed by atoms with Crippen LogP contribution < -0.4 is 0 Å². The first-order valence-electron chi connectivity index (χ1n) is 8.81. The van der Waals surface area contributed by atoms with Crippen LogP contribution in [-0.4, -0.2) is 51.9 Å². The van der Waals surface area contributed by atoms with Gasteiger partial charge >= 0.3 is 0 Å². The molecule has 0 bridgehead atoms. The molecule has 0 radical (unpaired) electrons. The molecule has 0 N–H and O–H groups in total. The molecule has 3 heterocycles. The highest BCUT2D eigenvalue weighted by Crippen LogP contribution is 2.26. The Labute approximate surface area is 161 Å². The summed E-state index contributed by atoms with van der Waals surface area (Å²) >= 11 is 1.30. The molecule has 1 amide bonds. The molecule has 1 aromatic carbocycles. The lowest BCUT2D eigenvalue weighted by Crippen LogP contribution is -2.48. The molecular weight excluding hydrogens is 363 g/mol. The van der Waals surface area contributed by atoms with Crippen LogP contribution in [0.2, 0.25) is 0 Å². The summed E-state index contributed by atoms with van der Waals surface area (Å²) in [4.78, 5) is 25.4. The van der Waals surface area contributed by atoms with E-state index in [1.54, 1.807) is 29.8 Å². The van der Waals surface area contributed by atoms with Gasteiger partial charge in [0.2, 0.25) is 0 Å². The van der Waals surface area contributed by atoms with Crippen molar-refractivity contribution in [2.45, 2.75) is 6.54 Å². The van der Waals surface area contributed by atoms with Gasteiger partial charge in [-0.2, -0.15) is 0 Å². The minimum Gasteiger partial charge on any atom is -0.335 e. The van der Waals surface area contributed by atoms with Crippen LogP contribution in [0.15, 0.2) is 54.2 Å². The predicted molar refractivity (Wildman–Crippen MR) is 103 cm³/mol. The minimum atomic E-state index is -0.324. The maximum atomic E-state index is 13.9. The van der Waals surface area contributed by atoms with Gasteiger partial charge in [0.15, 0.2) is 0 Å². The number of hydrogen-bond donors (Lipinski definition) is 0. The average molecular weight is 382 g/mol. The van der Waals surface area contributed by atoms with Crippen molar-refractivity contribution in [1.82, 2.24) is 19.8 Å². The average Bonchev–Trinajstić information content (AvgIpc) is 3.19. The van der Waals surface area contributed by atoms with E-state index in [1.807, 2.05) is 17.2 Å². The van der Waals surface area contributed by atoms with E-state index in [-0.39, 0.29) is 11.7 Å². The molecule has 0 saturated carbocycles. The number of rotatable bonds is 4. The van der Waals surface area contributed by atoms with E-state index in [1.165, 1.54) is 23.0 Å². The van der Waals surface area contributed by atoms with Crippen molar-refractivity contribution in [3.63, 3.8) is 0 Å². The minimum absolute atomic E-state index is 0.0881. The molecule has 0 aliphatic carbocycles. The van der Waals surface area contributed by atoms with Crippen molar-refractivity contribution in [2.24, 2.45) is 0 Å². The number of benzene rings is 1. The van der Waals surface area contributed by atoms with E-state index >= 15 is 0 Å². The Hall–Kier alpha value is -2.64. The van der Waals surface area contributed by atoms with Gasteiger partial charge in [-0.1, -0.05) is 18.2 Å². The first-order chi connectivity index (χ1) is 13.2. The predicted octanol–water partition coefficient (Wildman–Crippen LogP) is 3.30. The fraction of sp³-hybridized carbons (Fsp3) is 0.250. The highest BCUT2D eigenvalue weighted by molar-refractivity contribution is 7.13. The zero-order chi connectivity index (χ0) is 18.6. The van der Waals surface area contributed by atoms with Gasteiger partial charge in [0.1, 0.15) is 16.5 Å². The second-order valence-electron chi connectivity index (χ2n) is 6.45. The number of pyridine rings is 1. The lowest BCUT2D eigenvalue weighted by molar-refractivity contribution is 0.0623. The zero-order valence-corrected chi connectivity index (χ0v) is 15.5. The van der Waals surface area contributed by atoms with Crippen LogP contribution in [0.1, 0.15) is 16.1 Å². The first-order valence-corrected chi connectivity index (χ1v) is 9.69. The summed E-state index contributed by atoms with van der Waals surface area (Å²) in [7, 11) is 0. The molecule has 1 aliphatic rings. The monoisotopic (exact) mass is 382 g/mol. The smallest absolute Gasteiger partial charge is 0.273 e. The lowest BCUT2D eigenvalue weighted by atomic mass is 10.2. The number of carbonyl (C=O) groups excluding carboxylic acids is 1. The van der Waals surface area contributed by atoms with Gasteiger partial charge in [0.05, 0.1) is 0 Å². The summed E-state index contributed by atoms with van der Waals surface area (Å²) in [6, 6.07) is 10.5. The largest absolute Gasteiger partial charge is 0.335 e. The van der Waals surface area contributed by atoms with Gasteiger partial charge in [0.25, 0.3) is 5.91 Å². The first kappa shape index (κ1) is 17.8. The molecule has 1 fully saturated rings. The van der Waals surface area contributed by atoms with Crippen LogP contribution in [0.25, 0.3) is 10.6 Å². The van der Waals surface area contributed by atoms with E-state index in [0.717, 1.165) is 19.6 Å². The van der Waals surface area contributed by atoms with Gasteiger partial charge in [0, 0.05) is 56.1 Å². The molecule has 0 atom stereocenters. The number of hydrogen-bond acceptors (Lipinski definition) is 5. The second-order valence-corrected chi connectivity index (χ2v) is 7.31. The number of aromatic nitrogens is 2. The fourth-order valence-electron chi connectivity index (χ4n) is 3.15. The molecule has 138 valence electrons. The Morgan fingerprint density at radius 2 is 1.93 bits per heavy atom. The van der Waals surface area contributed by atoms with Crippen LogP contribution in [0.4, 0.5) is 4.39 Å².